The first-order chi connectivity index (χ1) is 6.76. The standard InChI is InChI=1S/C9H12F2N2O2/c1-9(2,8(14)15)5-4-13(3)12-6(5)7(10)11/h4,7H,1-3H3,(H,14,15). The lowest BCUT2D eigenvalue weighted by atomic mass is 9.85. The van der Waals surface area contributed by atoms with E-state index in [0.29, 0.717) is 0 Å². The van der Waals surface area contributed by atoms with Crippen molar-refractivity contribution in [3.05, 3.63) is 17.5 Å². The van der Waals surface area contributed by atoms with Gasteiger partial charge in [-0.25, -0.2) is 8.78 Å². The van der Waals surface area contributed by atoms with E-state index in [-0.39, 0.29) is 5.56 Å². The van der Waals surface area contributed by atoms with Gasteiger partial charge in [0.25, 0.3) is 6.43 Å². The Kier molecular flexibility index (Phi) is 2.79. The topological polar surface area (TPSA) is 55.1 Å². The van der Waals surface area contributed by atoms with E-state index in [1.165, 1.54) is 31.8 Å². The van der Waals surface area contributed by atoms with E-state index in [0.717, 1.165) is 0 Å². The molecular weight excluding hydrogens is 206 g/mol. The molecule has 1 aromatic rings. The van der Waals surface area contributed by atoms with E-state index < -0.39 is 23.5 Å². The van der Waals surface area contributed by atoms with Gasteiger partial charge in [0, 0.05) is 18.8 Å². The molecule has 1 aromatic heterocycles. The average Bonchev–Trinajstić information content (AvgIpc) is 2.47. The van der Waals surface area contributed by atoms with E-state index in [4.69, 9.17) is 5.11 Å². The molecule has 4 nitrogen and oxygen atoms in total. The molecule has 1 N–H and O–H groups in total. The highest BCUT2D eigenvalue weighted by Gasteiger charge is 2.36. The Hall–Kier alpha value is -1.46. The van der Waals surface area contributed by atoms with E-state index in [9.17, 15) is 13.6 Å². The van der Waals surface area contributed by atoms with Crippen molar-refractivity contribution in [3.8, 4) is 0 Å². The predicted molar refractivity (Wildman–Crippen MR) is 48.8 cm³/mol. The molecule has 0 spiro atoms. The highest BCUT2D eigenvalue weighted by Crippen LogP contribution is 2.31. The highest BCUT2D eigenvalue weighted by atomic mass is 19.3. The SMILES string of the molecule is Cn1cc(C(C)(C)C(=O)O)c(C(F)F)n1. The third-order valence-corrected chi connectivity index (χ3v) is 2.27. The van der Waals surface area contributed by atoms with Gasteiger partial charge in [0.1, 0.15) is 5.69 Å². The van der Waals surface area contributed by atoms with Crippen LogP contribution in [0.25, 0.3) is 0 Å². The van der Waals surface area contributed by atoms with Crippen LogP contribution in [0.3, 0.4) is 0 Å². The van der Waals surface area contributed by atoms with Crippen LogP contribution in [0.15, 0.2) is 6.20 Å². The molecule has 1 heterocycles. The van der Waals surface area contributed by atoms with Gasteiger partial charge in [-0.3, -0.25) is 9.48 Å². The summed E-state index contributed by atoms with van der Waals surface area (Å²) in [5.74, 6) is -1.16. The lowest BCUT2D eigenvalue weighted by Crippen LogP contribution is -2.29. The maximum absolute atomic E-state index is 12.6. The minimum Gasteiger partial charge on any atom is -0.481 e. The average molecular weight is 218 g/mol. The van der Waals surface area contributed by atoms with Crippen LogP contribution in [0.5, 0.6) is 0 Å². The molecule has 84 valence electrons. The molecule has 0 atom stereocenters. The van der Waals surface area contributed by atoms with Crippen LogP contribution < -0.4 is 0 Å². The fourth-order valence-corrected chi connectivity index (χ4v) is 1.26. The molecule has 0 unspecified atom stereocenters. The van der Waals surface area contributed by atoms with E-state index >= 15 is 0 Å². The zero-order valence-corrected chi connectivity index (χ0v) is 8.66. The number of nitrogens with zero attached hydrogens (tertiary/aromatic N) is 2. The maximum atomic E-state index is 12.6. The lowest BCUT2D eigenvalue weighted by molar-refractivity contribution is -0.142. The smallest absolute Gasteiger partial charge is 0.313 e. The molecule has 0 saturated carbocycles. The molecule has 0 aliphatic rings. The van der Waals surface area contributed by atoms with Crippen LogP contribution in [-0.4, -0.2) is 20.9 Å². The van der Waals surface area contributed by atoms with Crippen molar-refractivity contribution in [2.45, 2.75) is 25.7 Å². The molecule has 1 rings (SSSR count). The van der Waals surface area contributed by atoms with Crippen molar-refractivity contribution in [3.63, 3.8) is 0 Å². The summed E-state index contributed by atoms with van der Waals surface area (Å²) >= 11 is 0. The van der Waals surface area contributed by atoms with Crippen LogP contribution >= 0.6 is 0 Å². The molecule has 6 heteroatoms. The second-order valence-electron chi connectivity index (χ2n) is 3.83. The zero-order chi connectivity index (χ0) is 11.8. The molecule has 0 saturated heterocycles. The second-order valence-corrected chi connectivity index (χ2v) is 3.83. The van der Waals surface area contributed by atoms with Crippen molar-refractivity contribution >= 4 is 5.97 Å². The fraction of sp³-hybridized carbons (Fsp3) is 0.556. The number of hydrogen-bond donors (Lipinski definition) is 1. The van der Waals surface area contributed by atoms with Crippen molar-refractivity contribution in [2.75, 3.05) is 0 Å². The number of aromatic nitrogens is 2. The van der Waals surface area contributed by atoms with Crippen LogP contribution in [0, 0.1) is 0 Å². The van der Waals surface area contributed by atoms with Crippen LogP contribution in [0.1, 0.15) is 31.5 Å². The van der Waals surface area contributed by atoms with Crippen LogP contribution in [0.2, 0.25) is 0 Å². The second kappa shape index (κ2) is 3.60. The Morgan fingerprint density at radius 1 is 1.60 bits per heavy atom. The van der Waals surface area contributed by atoms with Crippen molar-refractivity contribution in [2.24, 2.45) is 7.05 Å². The Morgan fingerprint density at radius 2 is 2.13 bits per heavy atom. The first kappa shape index (κ1) is 11.6. The highest BCUT2D eigenvalue weighted by molar-refractivity contribution is 5.80. The number of aryl methyl sites for hydroxylation is 1. The normalized spacial score (nSPS) is 12.1. The van der Waals surface area contributed by atoms with Crippen LogP contribution in [-0.2, 0) is 17.3 Å². The summed E-state index contributed by atoms with van der Waals surface area (Å²) in [6, 6.07) is 0. The summed E-state index contributed by atoms with van der Waals surface area (Å²) in [7, 11) is 1.48. The first-order valence-corrected chi connectivity index (χ1v) is 4.32. The summed E-state index contributed by atoms with van der Waals surface area (Å²) in [5, 5.41) is 12.5. The number of carboxylic acid groups (broad SMARTS) is 1. The van der Waals surface area contributed by atoms with Gasteiger partial charge in [-0.2, -0.15) is 5.10 Å². The minimum atomic E-state index is -2.76. The monoisotopic (exact) mass is 218 g/mol. The predicted octanol–water partition coefficient (Wildman–Crippen LogP) is 1.72. The number of alkyl halides is 2. The molecule has 0 fully saturated rings. The van der Waals surface area contributed by atoms with Gasteiger partial charge in [-0.15, -0.1) is 0 Å². The van der Waals surface area contributed by atoms with E-state index in [1.54, 1.807) is 0 Å². The molecule has 0 aliphatic heterocycles. The maximum Gasteiger partial charge on any atom is 0.313 e. The van der Waals surface area contributed by atoms with Gasteiger partial charge in [0.15, 0.2) is 0 Å². The third kappa shape index (κ3) is 1.98. The summed E-state index contributed by atoms with van der Waals surface area (Å²) in [4.78, 5) is 10.9. The minimum absolute atomic E-state index is 0.0486. The van der Waals surface area contributed by atoms with Gasteiger partial charge < -0.3 is 5.11 Å². The largest absolute Gasteiger partial charge is 0.481 e. The molecule has 15 heavy (non-hydrogen) atoms. The molecule has 0 aromatic carbocycles. The van der Waals surface area contributed by atoms with E-state index in [2.05, 4.69) is 5.10 Å². The van der Waals surface area contributed by atoms with Gasteiger partial charge in [-0.05, 0) is 13.8 Å². The molecule has 0 radical (unpaired) electrons. The summed E-state index contributed by atoms with van der Waals surface area (Å²) in [6.07, 6.45) is -1.45. The summed E-state index contributed by atoms with van der Waals surface area (Å²) in [5.41, 5.74) is -1.78. The number of rotatable bonds is 3. The van der Waals surface area contributed by atoms with Crippen molar-refractivity contribution in [1.29, 1.82) is 0 Å². The zero-order valence-electron chi connectivity index (χ0n) is 8.66. The van der Waals surface area contributed by atoms with Crippen molar-refractivity contribution < 1.29 is 18.7 Å². The molecule has 0 bridgehead atoms. The number of carbonyl (C=O) groups is 1. The molecule has 0 amide bonds. The Labute approximate surface area is 85.5 Å². The van der Waals surface area contributed by atoms with Gasteiger partial charge in [0.05, 0.1) is 5.41 Å². The summed E-state index contributed by atoms with van der Waals surface area (Å²) < 4.78 is 26.3. The van der Waals surface area contributed by atoms with E-state index in [1.807, 2.05) is 0 Å². The number of aliphatic carboxylic acids is 1. The third-order valence-electron chi connectivity index (χ3n) is 2.27. The van der Waals surface area contributed by atoms with Crippen molar-refractivity contribution in [1.82, 2.24) is 9.78 Å². The van der Waals surface area contributed by atoms with Gasteiger partial charge in [-0.1, -0.05) is 0 Å². The molecular formula is C9H12F2N2O2. The summed E-state index contributed by atoms with van der Waals surface area (Å²) in [6.45, 7) is 2.75. The van der Waals surface area contributed by atoms with Crippen LogP contribution in [0.4, 0.5) is 8.78 Å². The quantitative estimate of drug-likeness (QED) is 0.840. The Balaban J connectivity index is 3.30. The number of halogens is 2. The number of carboxylic acids is 1. The molecule has 0 aliphatic carbocycles. The van der Waals surface area contributed by atoms with Gasteiger partial charge in [0.2, 0.25) is 0 Å². The first-order valence-electron chi connectivity index (χ1n) is 4.32. The Morgan fingerprint density at radius 3 is 2.53 bits per heavy atom. The lowest BCUT2D eigenvalue weighted by Gasteiger charge is -2.18. The Bertz CT molecular complexity index is 385. The van der Waals surface area contributed by atoms with Gasteiger partial charge >= 0.3 is 5.97 Å². The fourth-order valence-electron chi connectivity index (χ4n) is 1.26. The number of hydrogen-bond acceptors (Lipinski definition) is 2.